The van der Waals surface area contributed by atoms with Crippen LogP contribution >= 0.6 is 0 Å². The summed E-state index contributed by atoms with van der Waals surface area (Å²) in [4.78, 5) is 26.6. The Hall–Kier alpha value is -2.62. The van der Waals surface area contributed by atoms with Crippen LogP contribution < -0.4 is 10.2 Å². The van der Waals surface area contributed by atoms with E-state index in [2.05, 4.69) is 5.32 Å². The fourth-order valence-corrected chi connectivity index (χ4v) is 2.98. The molecule has 0 spiro atoms. The normalized spacial score (nSPS) is 16.0. The van der Waals surface area contributed by atoms with Gasteiger partial charge in [-0.05, 0) is 17.2 Å². The lowest BCUT2D eigenvalue weighted by molar-refractivity contribution is -0.126. The van der Waals surface area contributed by atoms with Gasteiger partial charge in [-0.15, -0.1) is 0 Å². The molecule has 118 valence electrons. The summed E-state index contributed by atoms with van der Waals surface area (Å²) < 4.78 is 0. The molecule has 4 heteroatoms. The highest BCUT2D eigenvalue weighted by molar-refractivity contribution is 6.03. The van der Waals surface area contributed by atoms with Crippen LogP contribution in [0.3, 0.4) is 0 Å². The number of benzene rings is 2. The Kier molecular flexibility index (Phi) is 4.42. The Morgan fingerprint density at radius 2 is 1.78 bits per heavy atom. The van der Waals surface area contributed by atoms with Gasteiger partial charge >= 0.3 is 0 Å². The van der Waals surface area contributed by atoms with E-state index in [0.717, 1.165) is 16.8 Å². The molecule has 4 nitrogen and oxygen atoms in total. The van der Waals surface area contributed by atoms with Gasteiger partial charge in [-0.25, -0.2) is 0 Å². The smallest absolute Gasteiger partial charge is 0.243 e. The van der Waals surface area contributed by atoms with E-state index in [4.69, 9.17) is 0 Å². The van der Waals surface area contributed by atoms with Crippen LogP contribution in [0.4, 0.5) is 5.69 Å². The Labute approximate surface area is 136 Å². The van der Waals surface area contributed by atoms with Crippen LogP contribution in [-0.2, 0) is 22.6 Å². The fourth-order valence-electron chi connectivity index (χ4n) is 2.98. The second-order valence-electron chi connectivity index (χ2n) is 5.67. The van der Waals surface area contributed by atoms with Crippen LogP contribution in [0.2, 0.25) is 0 Å². The van der Waals surface area contributed by atoms with Crippen molar-refractivity contribution in [1.29, 1.82) is 0 Å². The largest absolute Gasteiger partial charge is 0.350 e. The highest BCUT2D eigenvalue weighted by atomic mass is 16.2. The monoisotopic (exact) mass is 308 g/mol. The number of para-hydroxylation sites is 1. The predicted molar refractivity (Wildman–Crippen MR) is 90.0 cm³/mol. The lowest BCUT2D eigenvalue weighted by Gasteiger charge is -2.24. The summed E-state index contributed by atoms with van der Waals surface area (Å²) in [7, 11) is 0. The van der Waals surface area contributed by atoms with Crippen molar-refractivity contribution in [3.05, 3.63) is 65.7 Å². The molecule has 1 aliphatic rings. The van der Waals surface area contributed by atoms with E-state index in [-0.39, 0.29) is 11.8 Å². The minimum Gasteiger partial charge on any atom is -0.350 e. The molecular formula is C19H20N2O2. The van der Waals surface area contributed by atoms with Gasteiger partial charge in [0.2, 0.25) is 11.8 Å². The van der Waals surface area contributed by atoms with Gasteiger partial charge in [0.1, 0.15) is 6.04 Å². The first-order valence-electron chi connectivity index (χ1n) is 7.92. The Morgan fingerprint density at radius 1 is 1.09 bits per heavy atom. The molecule has 2 amide bonds. The van der Waals surface area contributed by atoms with Gasteiger partial charge in [-0.2, -0.15) is 0 Å². The quantitative estimate of drug-likeness (QED) is 0.944. The van der Waals surface area contributed by atoms with Crippen LogP contribution in [0.1, 0.15) is 24.5 Å². The maximum Gasteiger partial charge on any atom is 0.243 e. The van der Waals surface area contributed by atoms with Crippen LogP contribution in [0.5, 0.6) is 0 Å². The van der Waals surface area contributed by atoms with E-state index in [1.54, 1.807) is 4.90 Å². The Balaban J connectivity index is 1.76. The van der Waals surface area contributed by atoms with E-state index in [9.17, 15) is 9.59 Å². The first kappa shape index (κ1) is 15.3. The van der Waals surface area contributed by atoms with Crippen molar-refractivity contribution in [2.75, 3.05) is 4.90 Å². The number of carbonyl (C=O) groups excluding carboxylic acids is 2. The summed E-state index contributed by atoms with van der Waals surface area (Å²) >= 11 is 0. The van der Waals surface area contributed by atoms with Crippen molar-refractivity contribution in [2.45, 2.75) is 32.4 Å². The average molecular weight is 308 g/mol. The lowest BCUT2D eigenvalue weighted by atomic mass is 10.1. The number of hydrogen-bond acceptors (Lipinski definition) is 2. The summed E-state index contributed by atoms with van der Waals surface area (Å²) in [6.07, 6.45) is 0.958. The third-order valence-corrected chi connectivity index (χ3v) is 4.16. The van der Waals surface area contributed by atoms with Gasteiger partial charge in [0.05, 0.1) is 0 Å². The van der Waals surface area contributed by atoms with Crippen molar-refractivity contribution in [2.24, 2.45) is 0 Å². The first-order valence-corrected chi connectivity index (χ1v) is 7.92. The number of carbonyl (C=O) groups is 2. The molecule has 2 aromatic rings. The minimum absolute atomic E-state index is 0.0187. The first-order chi connectivity index (χ1) is 11.2. The molecule has 1 atom stereocenters. The molecule has 0 saturated heterocycles. The third kappa shape index (κ3) is 3.11. The molecule has 3 rings (SSSR count). The standard InChI is InChI=1S/C19H20N2O2/c1-2-18(22)21-16-11-7-6-10-15(16)12-17(21)19(23)20-13-14-8-4-3-5-9-14/h3-11,17H,2,12-13H2,1H3,(H,20,23)/t17-/m0/s1. The van der Waals surface area contributed by atoms with Crippen LogP contribution in [0, 0.1) is 0 Å². The molecule has 0 unspecified atom stereocenters. The number of hydrogen-bond donors (Lipinski definition) is 1. The zero-order chi connectivity index (χ0) is 16.2. The zero-order valence-corrected chi connectivity index (χ0v) is 13.2. The minimum atomic E-state index is -0.455. The number of fused-ring (bicyclic) bond motifs is 1. The molecule has 0 fully saturated rings. The number of nitrogens with one attached hydrogen (secondary N) is 1. The van der Waals surface area contributed by atoms with Gasteiger partial charge in [0.15, 0.2) is 0 Å². The molecule has 0 saturated carbocycles. The van der Waals surface area contributed by atoms with Crippen molar-refractivity contribution >= 4 is 17.5 Å². The lowest BCUT2D eigenvalue weighted by Crippen LogP contribution is -2.47. The van der Waals surface area contributed by atoms with Gasteiger partial charge in [-0.1, -0.05) is 55.5 Å². The molecule has 0 aromatic heterocycles. The van der Waals surface area contributed by atoms with E-state index in [0.29, 0.717) is 19.4 Å². The fraction of sp³-hybridized carbons (Fsp3) is 0.263. The second kappa shape index (κ2) is 6.65. The average Bonchev–Trinajstić information content (AvgIpc) is 2.99. The maximum absolute atomic E-state index is 12.6. The number of rotatable bonds is 4. The van der Waals surface area contributed by atoms with Gasteiger partial charge in [0.25, 0.3) is 0 Å². The highest BCUT2D eigenvalue weighted by Gasteiger charge is 2.37. The molecule has 1 N–H and O–H groups in total. The molecule has 1 aliphatic heterocycles. The van der Waals surface area contributed by atoms with Crippen molar-refractivity contribution < 1.29 is 9.59 Å². The number of nitrogens with zero attached hydrogens (tertiary/aromatic N) is 1. The number of anilines is 1. The zero-order valence-electron chi connectivity index (χ0n) is 13.2. The molecule has 0 bridgehead atoms. The van der Waals surface area contributed by atoms with Gasteiger partial charge < -0.3 is 5.32 Å². The summed E-state index contributed by atoms with van der Waals surface area (Å²) in [6, 6.07) is 17.1. The van der Waals surface area contributed by atoms with Crippen LogP contribution in [0.25, 0.3) is 0 Å². The van der Waals surface area contributed by atoms with E-state index < -0.39 is 6.04 Å². The molecule has 23 heavy (non-hydrogen) atoms. The van der Waals surface area contributed by atoms with Crippen molar-refractivity contribution in [3.63, 3.8) is 0 Å². The molecular weight excluding hydrogens is 288 g/mol. The Morgan fingerprint density at radius 3 is 2.52 bits per heavy atom. The highest BCUT2D eigenvalue weighted by Crippen LogP contribution is 2.32. The SMILES string of the molecule is CCC(=O)N1c2ccccc2C[C@H]1C(=O)NCc1ccccc1. The van der Waals surface area contributed by atoms with E-state index in [1.807, 2.05) is 61.5 Å². The van der Waals surface area contributed by atoms with E-state index in [1.165, 1.54) is 0 Å². The summed E-state index contributed by atoms with van der Waals surface area (Å²) in [5.41, 5.74) is 2.96. The molecule has 0 aliphatic carbocycles. The summed E-state index contributed by atoms with van der Waals surface area (Å²) in [6.45, 7) is 2.29. The van der Waals surface area contributed by atoms with Gasteiger partial charge in [0, 0.05) is 25.1 Å². The predicted octanol–water partition coefficient (Wildman–Crippen LogP) is 2.67. The number of amides is 2. The van der Waals surface area contributed by atoms with Crippen LogP contribution in [0.15, 0.2) is 54.6 Å². The maximum atomic E-state index is 12.6. The summed E-state index contributed by atoms with van der Waals surface area (Å²) in [5, 5.41) is 2.95. The summed E-state index contributed by atoms with van der Waals surface area (Å²) in [5.74, 6) is -0.123. The molecule has 1 heterocycles. The molecule has 0 radical (unpaired) electrons. The van der Waals surface area contributed by atoms with Gasteiger partial charge in [-0.3, -0.25) is 14.5 Å². The third-order valence-electron chi connectivity index (χ3n) is 4.16. The van der Waals surface area contributed by atoms with E-state index >= 15 is 0 Å². The molecule has 2 aromatic carbocycles. The second-order valence-corrected chi connectivity index (χ2v) is 5.67. The Bertz CT molecular complexity index is 712. The van der Waals surface area contributed by atoms with Crippen LogP contribution in [-0.4, -0.2) is 17.9 Å². The topological polar surface area (TPSA) is 49.4 Å². The van der Waals surface area contributed by atoms with Crippen molar-refractivity contribution in [1.82, 2.24) is 5.32 Å². The van der Waals surface area contributed by atoms with Crippen molar-refractivity contribution in [3.8, 4) is 0 Å².